The molecule has 12 heavy (non-hydrogen) atoms. The van der Waals surface area contributed by atoms with Gasteiger partial charge in [0.2, 0.25) is 0 Å². The first-order chi connectivity index (χ1) is 5.06. The van der Waals surface area contributed by atoms with E-state index in [1.54, 1.807) is 0 Å². The molecule has 0 aromatic heterocycles. The molecule has 0 spiro atoms. The summed E-state index contributed by atoms with van der Waals surface area (Å²) in [6.07, 6.45) is 0. The van der Waals surface area contributed by atoms with Gasteiger partial charge in [-0.2, -0.15) is 13.7 Å². The molecule has 0 aliphatic carbocycles. The van der Waals surface area contributed by atoms with E-state index in [9.17, 15) is 0 Å². The van der Waals surface area contributed by atoms with Gasteiger partial charge in [-0.15, -0.1) is 0 Å². The van der Waals surface area contributed by atoms with Gasteiger partial charge >= 0.3 is 10.4 Å². The SMILES string of the molecule is C[N+](C)(C)CC#N.O=S(=O)(O)O. The Kier molecular flexibility index (Phi) is 5.84. The van der Waals surface area contributed by atoms with Crippen molar-refractivity contribution >= 4 is 10.4 Å². The van der Waals surface area contributed by atoms with Crippen LogP contribution in [0.15, 0.2) is 0 Å². The molecular weight excluding hydrogens is 184 g/mol. The average molecular weight is 197 g/mol. The van der Waals surface area contributed by atoms with Crippen molar-refractivity contribution in [3.8, 4) is 6.07 Å². The molecule has 0 rings (SSSR count). The van der Waals surface area contributed by atoms with E-state index >= 15 is 0 Å². The highest BCUT2D eigenvalue weighted by Crippen LogP contribution is 1.84. The lowest BCUT2D eigenvalue weighted by molar-refractivity contribution is -0.863. The summed E-state index contributed by atoms with van der Waals surface area (Å²) >= 11 is 0. The van der Waals surface area contributed by atoms with Crippen molar-refractivity contribution in [1.29, 1.82) is 5.26 Å². The molecule has 0 radical (unpaired) electrons. The molecule has 0 aliphatic heterocycles. The van der Waals surface area contributed by atoms with Gasteiger partial charge in [0, 0.05) is 0 Å². The molecule has 0 unspecified atom stereocenters. The Bertz CT molecular complexity index is 238. The molecule has 2 N–H and O–H groups in total. The minimum Gasteiger partial charge on any atom is -0.319 e. The Morgan fingerprint density at radius 3 is 1.58 bits per heavy atom. The Morgan fingerprint density at radius 1 is 1.33 bits per heavy atom. The van der Waals surface area contributed by atoms with Crippen LogP contribution in [0.5, 0.6) is 0 Å². The topological polar surface area (TPSA) is 98.4 Å². The van der Waals surface area contributed by atoms with Crippen LogP contribution in [0.3, 0.4) is 0 Å². The number of quaternary nitrogens is 1. The molecule has 0 fully saturated rings. The second-order valence-electron chi connectivity index (χ2n) is 3.05. The minimum absolute atomic E-state index is 0.583. The molecule has 6 nitrogen and oxygen atoms in total. The number of hydrogen-bond acceptors (Lipinski definition) is 3. The first-order valence-corrected chi connectivity index (χ1v) is 4.33. The summed E-state index contributed by atoms with van der Waals surface area (Å²) in [5.41, 5.74) is 0. The Hall–Kier alpha value is -0.680. The molecule has 72 valence electrons. The lowest BCUT2D eigenvalue weighted by Gasteiger charge is -2.18. The van der Waals surface area contributed by atoms with Crippen LogP contribution in [0, 0.1) is 11.3 Å². The van der Waals surface area contributed by atoms with Crippen molar-refractivity contribution in [1.82, 2.24) is 0 Å². The Balaban J connectivity index is 0. The molecule has 0 aromatic rings. The van der Waals surface area contributed by atoms with Gasteiger partial charge in [-0.25, -0.2) is 0 Å². The molecule has 0 aliphatic rings. The zero-order valence-corrected chi connectivity index (χ0v) is 8.04. The van der Waals surface area contributed by atoms with E-state index < -0.39 is 10.4 Å². The molecule has 0 aromatic carbocycles. The number of nitrogens with zero attached hydrogens (tertiary/aromatic N) is 2. The van der Waals surface area contributed by atoms with Crippen LogP contribution in [0.1, 0.15) is 0 Å². The van der Waals surface area contributed by atoms with Gasteiger partial charge in [-0.3, -0.25) is 9.11 Å². The van der Waals surface area contributed by atoms with Crippen molar-refractivity contribution in [2.45, 2.75) is 0 Å². The fraction of sp³-hybridized carbons (Fsp3) is 0.800. The Labute approximate surface area is 72.2 Å². The first-order valence-electron chi connectivity index (χ1n) is 2.93. The third kappa shape index (κ3) is 58.5. The quantitative estimate of drug-likeness (QED) is 0.337. The van der Waals surface area contributed by atoms with E-state index in [2.05, 4.69) is 6.07 Å². The largest absolute Gasteiger partial charge is 0.394 e. The van der Waals surface area contributed by atoms with Crippen LogP contribution >= 0.6 is 0 Å². The summed E-state index contributed by atoms with van der Waals surface area (Å²) in [6, 6.07) is 2.08. The normalized spacial score (nSPS) is 11.0. The smallest absolute Gasteiger partial charge is 0.319 e. The van der Waals surface area contributed by atoms with Gasteiger partial charge in [0.15, 0.2) is 6.54 Å². The van der Waals surface area contributed by atoms with E-state index in [1.807, 2.05) is 21.1 Å². The maximum atomic E-state index is 8.74. The summed E-state index contributed by atoms with van der Waals surface area (Å²) in [6.45, 7) is 0.583. The highest BCUT2D eigenvalue weighted by atomic mass is 32.3. The minimum atomic E-state index is -4.67. The van der Waals surface area contributed by atoms with Crippen LogP contribution in [-0.2, 0) is 10.4 Å². The monoisotopic (exact) mass is 197 g/mol. The van der Waals surface area contributed by atoms with Crippen molar-refractivity contribution in [3.05, 3.63) is 0 Å². The van der Waals surface area contributed by atoms with Crippen LogP contribution in [-0.4, -0.2) is 49.7 Å². The molecular formula is C5H13N2O4S+. The summed E-state index contributed by atoms with van der Waals surface area (Å²) < 4.78 is 32.3. The van der Waals surface area contributed by atoms with Gasteiger partial charge < -0.3 is 4.48 Å². The summed E-state index contributed by atoms with van der Waals surface area (Å²) in [7, 11) is 1.30. The zero-order chi connectivity index (χ0) is 10.4. The second kappa shape index (κ2) is 5.05. The lowest BCUT2D eigenvalue weighted by atomic mass is 10.6. The third-order valence-electron chi connectivity index (χ3n) is 0.545. The summed E-state index contributed by atoms with van der Waals surface area (Å²) in [4.78, 5) is 0. The van der Waals surface area contributed by atoms with E-state index in [1.165, 1.54) is 0 Å². The fourth-order valence-electron chi connectivity index (χ4n) is 0.212. The van der Waals surface area contributed by atoms with Gasteiger partial charge in [0.25, 0.3) is 0 Å². The summed E-state index contributed by atoms with van der Waals surface area (Å²) in [5.74, 6) is 0. The Morgan fingerprint density at radius 2 is 1.58 bits per heavy atom. The van der Waals surface area contributed by atoms with Crippen molar-refractivity contribution < 1.29 is 22.0 Å². The molecule has 0 amide bonds. The highest BCUT2D eigenvalue weighted by Gasteiger charge is 2.01. The van der Waals surface area contributed by atoms with Gasteiger partial charge in [-0.05, 0) is 0 Å². The molecule has 0 saturated carbocycles. The van der Waals surface area contributed by atoms with Crippen molar-refractivity contribution in [2.75, 3.05) is 27.7 Å². The van der Waals surface area contributed by atoms with E-state index in [4.69, 9.17) is 22.8 Å². The first kappa shape index (κ1) is 13.9. The van der Waals surface area contributed by atoms with E-state index in [-0.39, 0.29) is 0 Å². The average Bonchev–Trinajstić information content (AvgIpc) is 1.54. The van der Waals surface area contributed by atoms with Crippen LogP contribution in [0.4, 0.5) is 0 Å². The van der Waals surface area contributed by atoms with Crippen molar-refractivity contribution in [2.24, 2.45) is 0 Å². The van der Waals surface area contributed by atoms with Crippen LogP contribution in [0.2, 0.25) is 0 Å². The second-order valence-corrected chi connectivity index (χ2v) is 3.95. The maximum absolute atomic E-state index is 8.74. The van der Waals surface area contributed by atoms with Crippen LogP contribution < -0.4 is 0 Å². The fourth-order valence-corrected chi connectivity index (χ4v) is 0.212. The molecule has 0 heterocycles. The van der Waals surface area contributed by atoms with Gasteiger partial charge in [-0.1, -0.05) is 0 Å². The van der Waals surface area contributed by atoms with Crippen LogP contribution in [0.25, 0.3) is 0 Å². The predicted octanol–water partition coefficient (Wildman–Crippen LogP) is -0.437. The molecule has 7 heteroatoms. The van der Waals surface area contributed by atoms with Gasteiger partial charge in [0.05, 0.1) is 21.1 Å². The number of nitriles is 1. The maximum Gasteiger partial charge on any atom is 0.394 e. The standard InChI is InChI=1S/C5H11N2.H2O4S/c1-7(2,3)5-4-6;1-5(2,3)4/h5H2,1-3H3;(H2,1,2,3,4)/q+1;. The van der Waals surface area contributed by atoms with E-state index in [0.717, 1.165) is 4.48 Å². The lowest BCUT2D eigenvalue weighted by Crippen LogP contribution is -2.34. The third-order valence-corrected chi connectivity index (χ3v) is 0.545. The summed E-state index contributed by atoms with van der Waals surface area (Å²) in [5, 5.41) is 8.14. The molecule has 0 atom stereocenters. The number of rotatable bonds is 1. The zero-order valence-electron chi connectivity index (χ0n) is 7.22. The van der Waals surface area contributed by atoms with E-state index in [0.29, 0.717) is 6.54 Å². The predicted molar refractivity (Wildman–Crippen MR) is 42.7 cm³/mol. The molecule has 0 saturated heterocycles. The van der Waals surface area contributed by atoms with Crippen molar-refractivity contribution in [3.63, 3.8) is 0 Å². The molecule has 0 bridgehead atoms. The highest BCUT2D eigenvalue weighted by molar-refractivity contribution is 7.79. The number of hydrogen-bond donors (Lipinski definition) is 2. The van der Waals surface area contributed by atoms with Gasteiger partial charge in [0.1, 0.15) is 6.07 Å².